The third kappa shape index (κ3) is 6.04. The Morgan fingerprint density at radius 3 is 2.25 bits per heavy atom. The van der Waals surface area contributed by atoms with Crippen molar-refractivity contribution in [3.63, 3.8) is 0 Å². The number of nitrogens with one attached hydrogen (secondary N) is 2. The van der Waals surface area contributed by atoms with Gasteiger partial charge in [0.25, 0.3) is 5.91 Å². The Balaban J connectivity index is 2.72. The van der Waals surface area contributed by atoms with Crippen molar-refractivity contribution in [1.82, 2.24) is 15.0 Å². The number of sulfonamides is 1. The minimum absolute atomic E-state index is 0.108. The fraction of sp³-hybridized carbons (Fsp3) is 0.455. The maximum Gasteiger partial charge on any atom is 0.251 e. The van der Waals surface area contributed by atoms with Gasteiger partial charge >= 0.3 is 0 Å². The van der Waals surface area contributed by atoms with Crippen LogP contribution in [0.1, 0.15) is 24.2 Å². The zero-order valence-corrected chi connectivity index (χ0v) is 13.5. The van der Waals surface area contributed by atoms with E-state index in [-0.39, 0.29) is 22.4 Å². The van der Waals surface area contributed by atoms with Gasteiger partial charge in [-0.1, -0.05) is 23.2 Å². The van der Waals surface area contributed by atoms with Gasteiger partial charge in [0.1, 0.15) is 10.3 Å². The second kappa shape index (κ2) is 6.26. The molecule has 2 N–H and O–H groups in total. The molecule has 1 aromatic heterocycles. The van der Waals surface area contributed by atoms with Crippen molar-refractivity contribution in [2.75, 3.05) is 12.8 Å². The molecule has 0 unspecified atom stereocenters. The molecular formula is C11H15Cl2N3O3S. The van der Waals surface area contributed by atoms with Gasteiger partial charge in [-0.3, -0.25) is 4.79 Å². The van der Waals surface area contributed by atoms with Crippen LogP contribution < -0.4 is 10.0 Å². The first-order valence-electron chi connectivity index (χ1n) is 5.59. The molecule has 0 bridgehead atoms. The highest BCUT2D eigenvalue weighted by atomic mass is 35.5. The fourth-order valence-corrected chi connectivity index (χ4v) is 3.07. The molecule has 0 saturated heterocycles. The van der Waals surface area contributed by atoms with E-state index in [2.05, 4.69) is 15.0 Å². The van der Waals surface area contributed by atoms with Crippen LogP contribution in [-0.4, -0.2) is 37.6 Å². The second-order valence-corrected chi connectivity index (χ2v) is 7.47. The fourth-order valence-electron chi connectivity index (χ4n) is 1.54. The van der Waals surface area contributed by atoms with Gasteiger partial charge in [0.2, 0.25) is 10.0 Å². The van der Waals surface area contributed by atoms with E-state index in [4.69, 9.17) is 23.2 Å². The van der Waals surface area contributed by atoms with Gasteiger partial charge in [0, 0.05) is 17.6 Å². The summed E-state index contributed by atoms with van der Waals surface area (Å²) >= 11 is 11.4. The first kappa shape index (κ1) is 17.2. The molecule has 0 aliphatic carbocycles. The van der Waals surface area contributed by atoms with Gasteiger partial charge in [-0.25, -0.2) is 18.1 Å². The van der Waals surface area contributed by atoms with E-state index in [9.17, 15) is 13.2 Å². The van der Waals surface area contributed by atoms with E-state index in [0.717, 1.165) is 6.26 Å². The van der Waals surface area contributed by atoms with E-state index >= 15 is 0 Å². The minimum atomic E-state index is -3.36. The zero-order valence-electron chi connectivity index (χ0n) is 11.2. The summed E-state index contributed by atoms with van der Waals surface area (Å²) in [6.45, 7) is 3.41. The van der Waals surface area contributed by atoms with Crippen molar-refractivity contribution in [3.05, 3.63) is 28.0 Å². The lowest BCUT2D eigenvalue weighted by Crippen LogP contribution is -2.51. The van der Waals surface area contributed by atoms with Crippen molar-refractivity contribution in [2.24, 2.45) is 0 Å². The van der Waals surface area contributed by atoms with Gasteiger partial charge in [0.15, 0.2) is 0 Å². The molecule has 1 amide bonds. The quantitative estimate of drug-likeness (QED) is 0.794. The molecule has 0 aromatic carbocycles. The molecule has 6 nitrogen and oxygen atoms in total. The predicted octanol–water partition coefficient (Wildman–Crippen LogP) is 1.45. The van der Waals surface area contributed by atoms with Crippen LogP contribution in [0.4, 0.5) is 0 Å². The standard InChI is InChI=1S/C11H15Cl2N3O3S/c1-11(2,16-20(3,18)19)6-14-10(17)7-4-8(12)15-9(13)5-7/h4-5,16H,6H2,1-3H3,(H,14,17). The van der Waals surface area contributed by atoms with Gasteiger partial charge in [-0.15, -0.1) is 0 Å². The molecule has 1 rings (SSSR count). The Hall–Kier alpha value is -0.890. The predicted molar refractivity (Wildman–Crippen MR) is 78.6 cm³/mol. The summed E-state index contributed by atoms with van der Waals surface area (Å²) in [4.78, 5) is 15.7. The summed E-state index contributed by atoms with van der Waals surface area (Å²) in [5, 5.41) is 2.82. The minimum Gasteiger partial charge on any atom is -0.350 e. The first-order chi connectivity index (χ1) is 8.98. The summed E-state index contributed by atoms with van der Waals surface area (Å²) in [5.74, 6) is -0.417. The van der Waals surface area contributed by atoms with Crippen LogP contribution in [0.2, 0.25) is 10.3 Å². The molecule has 1 aromatic rings. The normalized spacial score (nSPS) is 12.2. The van der Waals surface area contributed by atoms with Gasteiger partial charge < -0.3 is 5.32 Å². The number of carbonyl (C=O) groups excluding carboxylic acids is 1. The van der Waals surface area contributed by atoms with Crippen LogP contribution in [0.3, 0.4) is 0 Å². The van der Waals surface area contributed by atoms with Crippen molar-refractivity contribution in [2.45, 2.75) is 19.4 Å². The zero-order chi connectivity index (χ0) is 15.6. The number of rotatable bonds is 5. The average Bonchev–Trinajstić information content (AvgIpc) is 2.21. The van der Waals surface area contributed by atoms with Crippen LogP contribution in [0.25, 0.3) is 0 Å². The Morgan fingerprint density at radius 2 is 1.80 bits per heavy atom. The highest BCUT2D eigenvalue weighted by Gasteiger charge is 2.23. The molecule has 0 saturated carbocycles. The van der Waals surface area contributed by atoms with E-state index < -0.39 is 21.5 Å². The molecule has 112 valence electrons. The summed E-state index contributed by atoms with van der Waals surface area (Å²) in [5.41, 5.74) is -0.561. The summed E-state index contributed by atoms with van der Waals surface area (Å²) in [6, 6.07) is 2.75. The summed E-state index contributed by atoms with van der Waals surface area (Å²) in [6.07, 6.45) is 1.05. The van der Waals surface area contributed by atoms with E-state index in [1.54, 1.807) is 13.8 Å². The van der Waals surface area contributed by atoms with Crippen LogP contribution in [0.5, 0.6) is 0 Å². The molecular weight excluding hydrogens is 325 g/mol. The van der Waals surface area contributed by atoms with Crippen LogP contribution in [0, 0.1) is 0 Å². The molecule has 1 heterocycles. The molecule has 0 aliphatic heterocycles. The number of aromatic nitrogens is 1. The number of carbonyl (C=O) groups is 1. The van der Waals surface area contributed by atoms with Crippen LogP contribution >= 0.6 is 23.2 Å². The number of halogens is 2. The summed E-state index contributed by atoms with van der Waals surface area (Å²) in [7, 11) is -3.36. The smallest absolute Gasteiger partial charge is 0.251 e. The van der Waals surface area contributed by atoms with Crippen LogP contribution in [0.15, 0.2) is 12.1 Å². The van der Waals surface area contributed by atoms with Crippen molar-refractivity contribution in [1.29, 1.82) is 0 Å². The largest absolute Gasteiger partial charge is 0.350 e. The average molecular weight is 340 g/mol. The van der Waals surface area contributed by atoms with E-state index in [1.807, 2.05) is 0 Å². The molecule has 20 heavy (non-hydrogen) atoms. The molecule has 0 radical (unpaired) electrons. The Bertz CT molecular complexity index is 597. The lowest BCUT2D eigenvalue weighted by molar-refractivity contribution is 0.0944. The lowest BCUT2D eigenvalue weighted by Gasteiger charge is -2.25. The van der Waals surface area contributed by atoms with E-state index in [0.29, 0.717) is 0 Å². The van der Waals surface area contributed by atoms with Gasteiger partial charge in [0.05, 0.1) is 6.26 Å². The maximum absolute atomic E-state index is 11.9. The lowest BCUT2D eigenvalue weighted by atomic mass is 10.1. The first-order valence-corrected chi connectivity index (χ1v) is 8.23. The highest BCUT2D eigenvalue weighted by molar-refractivity contribution is 7.88. The SMILES string of the molecule is CC(C)(CNC(=O)c1cc(Cl)nc(Cl)c1)NS(C)(=O)=O. The number of pyridine rings is 1. The monoisotopic (exact) mass is 339 g/mol. The Morgan fingerprint density at radius 1 is 1.30 bits per heavy atom. The topological polar surface area (TPSA) is 88.2 Å². The second-order valence-electron chi connectivity index (χ2n) is 4.94. The number of hydrogen-bond donors (Lipinski definition) is 2. The van der Waals surface area contributed by atoms with Gasteiger partial charge in [-0.05, 0) is 26.0 Å². The Kier molecular flexibility index (Phi) is 5.37. The molecule has 0 aliphatic rings. The molecule has 0 spiro atoms. The summed E-state index contributed by atoms with van der Waals surface area (Å²) < 4.78 is 24.8. The molecule has 0 fully saturated rings. The highest BCUT2D eigenvalue weighted by Crippen LogP contribution is 2.14. The Labute approximate surface area is 127 Å². The van der Waals surface area contributed by atoms with Crippen molar-refractivity contribution < 1.29 is 13.2 Å². The van der Waals surface area contributed by atoms with E-state index in [1.165, 1.54) is 12.1 Å². The third-order valence-corrected chi connectivity index (χ3v) is 3.49. The maximum atomic E-state index is 11.9. The third-order valence-electron chi connectivity index (χ3n) is 2.18. The van der Waals surface area contributed by atoms with Crippen molar-refractivity contribution >= 4 is 39.1 Å². The number of nitrogens with zero attached hydrogens (tertiary/aromatic N) is 1. The molecule has 0 atom stereocenters. The van der Waals surface area contributed by atoms with Crippen LogP contribution in [-0.2, 0) is 10.0 Å². The number of amides is 1. The van der Waals surface area contributed by atoms with Crippen molar-refractivity contribution in [3.8, 4) is 0 Å². The van der Waals surface area contributed by atoms with Gasteiger partial charge in [-0.2, -0.15) is 0 Å². The number of hydrogen-bond acceptors (Lipinski definition) is 4. The molecule has 9 heteroatoms.